The van der Waals surface area contributed by atoms with Crippen LogP contribution in [0.2, 0.25) is 0 Å². The molecular formula is C12H12BrN5OS. The molecule has 20 heavy (non-hydrogen) atoms. The molecule has 0 unspecified atom stereocenters. The molecule has 0 bridgehead atoms. The largest absolute Gasteiger partial charge is 0.409 e. The number of oxime groups is 1. The molecule has 0 aliphatic carbocycles. The third kappa shape index (κ3) is 3.07. The lowest BCUT2D eigenvalue weighted by molar-refractivity contribution is 0.318. The van der Waals surface area contributed by atoms with Crippen molar-refractivity contribution in [3.8, 4) is 0 Å². The van der Waals surface area contributed by atoms with Crippen LogP contribution < -0.4 is 5.73 Å². The van der Waals surface area contributed by atoms with E-state index in [0.29, 0.717) is 10.6 Å². The fourth-order valence-electron chi connectivity index (χ4n) is 1.53. The van der Waals surface area contributed by atoms with Gasteiger partial charge in [0.1, 0.15) is 10.1 Å². The maximum absolute atomic E-state index is 8.91. The number of aryl methyl sites for hydroxylation is 1. The summed E-state index contributed by atoms with van der Waals surface area (Å²) in [5.74, 6) is 0.0140. The Labute approximate surface area is 128 Å². The number of nitrogens with zero attached hydrogens (tertiary/aromatic N) is 4. The Morgan fingerprint density at radius 2 is 2.10 bits per heavy atom. The van der Waals surface area contributed by atoms with E-state index < -0.39 is 0 Å². The van der Waals surface area contributed by atoms with Crippen LogP contribution in [0.25, 0.3) is 0 Å². The van der Waals surface area contributed by atoms with E-state index in [4.69, 9.17) is 10.9 Å². The van der Waals surface area contributed by atoms with E-state index in [-0.39, 0.29) is 5.84 Å². The van der Waals surface area contributed by atoms with Crippen LogP contribution >= 0.6 is 27.7 Å². The standard InChI is InChI=1S/C12H12BrN5OS/c1-6-7(2)16-17-12(10(6)11(14)18-19)20-9-4-3-8(13)5-15-9/h3-5,19H,1-2H3,(H2,14,18). The molecule has 0 aromatic carbocycles. The minimum Gasteiger partial charge on any atom is -0.409 e. The second kappa shape index (κ2) is 6.19. The average Bonchev–Trinajstić information content (AvgIpc) is 2.45. The first-order chi connectivity index (χ1) is 9.52. The van der Waals surface area contributed by atoms with Crippen molar-refractivity contribution in [1.82, 2.24) is 15.2 Å². The van der Waals surface area contributed by atoms with Crippen molar-refractivity contribution in [3.05, 3.63) is 39.6 Å². The van der Waals surface area contributed by atoms with E-state index in [1.165, 1.54) is 11.8 Å². The van der Waals surface area contributed by atoms with Gasteiger partial charge in [-0.05, 0) is 59.2 Å². The molecule has 6 nitrogen and oxygen atoms in total. The first-order valence-electron chi connectivity index (χ1n) is 5.64. The van der Waals surface area contributed by atoms with Gasteiger partial charge in [0.25, 0.3) is 0 Å². The molecule has 0 radical (unpaired) electrons. The van der Waals surface area contributed by atoms with E-state index >= 15 is 0 Å². The molecule has 2 aromatic heterocycles. The Bertz CT molecular complexity index is 660. The van der Waals surface area contributed by atoms with Crippen LogP contribution in [0.5, 0.6) is 0 Å². The summed E-state index contributed by atoms with van der Waals surface area (Å²) in [7, 11) is 0. The van der Waals surface area contributed by atoms with Gasteiger partial charge in [0.2, 0.25) is 0 Å². The van der Waals surface area contributed by atoms with Crippen LogP contribution in [-0.2, 0) is 0 Å². The fraction of sp³-hybridized carbons (Fsp3) is 0.167. The predicted octanol–water partition coefficient (Wildman–Crippen LogP) is 2.50. The van der Waals surface area contributed by atoms with Crippen LogP contribution in [0.3, 0.4) is 0 Å². The summed E-state index contributed by atoms with van der Waals surface area (Å²) in [5.41, 5.74) is 7.88. The topological polar surface area (TPSA) is 97.3 Å². The highest BCUT2D eigenvalue weighted by Crippen LogP contribution is 2.29. The van der Waals surface area contributed by atoms with E-state index in [2.05, 4.69) is 36.3 Å². The maximum atomic E-state index is 8.91. The summed E-state index contributed by atoms with van der Waals surface area (Å²) in [6.07, 6.45) is 1.69. The molecule has 0 amide bonds. The zero-order valence-corrected chi connectivity index (χ0v) is 13.2. The number of rotatable bonds is 3. The Morgan fingerprint density at radius 1 is 1.35 bits per heavy atom. The SMILES string of the molecule is Cc1nnc(Sc2ccc(Br)cn2)c(C(N)=NO)c1C. The monoisotopic (exact) mass is 353 g/mol. The van der Waals surface area contributed by atoms with E-state index in [1.54, 1.807) is 6.20 Å². The van der Waals surface area contributed by atoms with Crippen molar-refractivity contribution in [2.45, 2.75) is 23.9 Å². The zero-order chi connectivity index (χ0) is 14.7. The second-order valence-corrected chi connectivity index (χ2v) is 5.92. The van der Waals surface area contributed by atoms with Crippen molar-refractivity contribution in [2.24, 2.45) is 10.9 Å². The molecule has 0 saturated carbocycles. The fourth-order valence-corrected chi connectivity index (χ4v) is 2.65. The molecule has 0 saturated heterocycles. The van der Waals surface area contributed by atoms with Crippen molar-refractivity contribution >= 4 is 33.5 Å². The lowest BCUT2D eigenvalue weighted by Gasteiger charge is -2.10. The quantitative estimate of drug-likeness (QED) is 0.380. The smallest absolute Gasteiger partial charge is 0.173 e. The lowest BCUT2D eigenvalue weighted by atomic mass is 10.1. The normalized spacial score (nSPS) is 11.7. The van der Waals surface area contributed by atoms with Crippen molar-refractivity contribution < 1.29 is 5.21 Å². The molecule has 3 N–H and O–H groups in total. The van der Waals surface area contributed by atoms with Gasteiger partial charge in [-0.15, -0.1) is 5.10 Å². The van der Waals surface area contributed by atoms with Gasteiger partial charge in [0.05, 0.1) is 11.3 Å². The van der Waals surface area contributed by atoms with Crippen LogP contribution in [0, 0.1) is 13.8 Å². The number of hydrogen-bond donors (Lipinski definition) is 2. The highest BCUT2D eigenvalue weighted by atomic mass is 79.9. The highest BCUT2D eigenvalue weighted by Gasteiger charge is 2.16. The first kappa shape index (κ1) is 14.7. The number of nitrogens with two attached hydrogens (primary N) is 1. The van der Waals surface area contributed by atoms with Crippen molar-refractivity contribution in [3.63, 3.8) is 0 Å². The van der Waals surface area contributed by atoms with Gasteiger partial charge in [-0.1, -0.05) is 5.16 Å². The number of amidine groups is 1. The van der Waals surface area contributed by atoms with Gasteiger partial charge in [-0.2, -0.15) is 5.10 Å². The molecule has 0 atom stereocenters. The summed E-state index contributed by atoms with van der Waals surface area (Å²) in [4.78, 5) is 4.26. The molecule has 0 spiro atoms. The molecule has 2 aromatic rings. The number of pyridine rings is 1. The van der Waals surface area contributed by atoms with Gasteiger partial charge >= 0.3 is 0 Å². The summed E-state index contributed by atoms with van der Waals surface area (Å²) in [5, 5.41) is 21.5. The van der Waals surface area contributed by atoms with Gasteiger partial charge in [0.15, 0.2) is 5.84 Å². The van der Waals surface area contributed by atoms with Crippen molar-refractivity contribution in [2.75, 3.05) is 0 Å². The Morgan fingerprint density at radius 3 is 2.70 bits per heavy atom. The summed E-state index contributed by atoms with van der Waals surface area (Å²) >= 11 is 4.64. The van der Waals surface area contributed by atoms with Crippen LogP contribution in [0.15, 0.2) is 38.0 Å². The van der Waals surface area contributed by atoms with E-state index in [9.17, 15) is 0 Å². The molecule has 8 heteroatoms. The highest BCUT2D eigenvalue weighted by molar-refractivity contribution is 9.10. The predicted molar refractivity (Wildman–Crippen MR) is 80.1 cm³/mol. The maximum Gasteiger partial charge on any atom is 0.173 e. The molecule has 2 heterocycles. The second-order valence-electron chi connectivity index (χ2n) is 3.99. The van der Waals surface area contributed by atoms with E-state index in [1.807, 2.05) is 26.0 Å². The first-order valence-corrected chi connectivity index (χ1v) is 7.25. The minimum absolute atomic E-state index is 0.0140. The zero-order valence-electron chi connectivity index (χ0n) is 10.8. The molecule has 2 rings (SSSR count). The minimum atomic E-state index is 0.0140. The van der Waals surface area contributed by atoms with Crippen molar-refractivity contribution in [1.29, 1.82) is 0 Å². The van der Waals surface area contributed by atoms with Gasteiger partial charge < -0.3 is 10.9 Å². The molecule has 0 fully saturated rings. The Hall–Kier alpha value is -1.67. The summed E-state index contributed by atoms with van der Waals surface area (Å²) in [6.45, 7) is 3.68. The average molecular weight is 354 g/mol. The van der Waals surface area contributed by atoms with Gasteiger partial charge in [-0.3, -0.25) is 0 Å². The van der Waals surface area contributed by atoms with Gasteiger partial charge in [0, 0.05) is 10.7 Å². The molecule has 0 aliphatic heterocycles. The van der Waals surface area contributed by atoms with Crippen LogP contribution in [-0.4, -0.2) is 26.2 Å². The third-order valence-electron chi connectivity index (χ3n) is 2.69. The summed E-state index contributed by atoms with van der Waals surface area (Å²) < 4.78 is 0.893. The van der Waals surface area contributed by atoms with Crippen LogP contribution in [0.4, 0.5) is 0 Å². The lowest BCUT2D eigenvalue weighted by Crippen LogP contribution is -2.18. The number of halogens is 1. The number of aromatic nitrogens is 3. The molecule has 104 valence electrons. The third-order valence-corrected chi connectivity index (χ3v) is 4.09. The van der Waals surface area contributed by atoms with Gasteiger partial charge in [-0.25, -0.2) is 4.98 Å². The molecule has 0 aliphatic rings. The van der Waals surface area contributed by atoms with E-state index in [0.717, 1.165) is 20.8 Å². The number of hydrogen-bond acceptors (Lipinski definition) is 6. The molecular weight excluding hydrogens is 342 g/mol. The van der Waals surface area contributed by atoms with Crippen LogP contribution in [0.1, 0.15) is 16.8 Å². The summed E-state index contributed by atoms with van der Waals surface area (Å²) in [6, 6.07) is 3.73. The Kier molecular flexibility index (Phi) is 4.56. The Balaban J connectivity index is 2.46.